The second-order valence-electron chi connectivity index (χ2n) is 5.80. The van der Waals surface area contributed by atoms with Crippen molar-refractivity contribution in [1.82, 2.24) is 0 Å². The van der Waals surface area contributed by atoms with Crippen LogP contribution in [0.2, 0.25) is 0 Å². The fourth-order valence-corrected chi connectivity index (χ4v) is 1.22. The summed E-state index contributed by atoms with van der Waals surface area (Å²) >= 11 is 0. The molecule has 0 bridgehead atoms. The zero-order valence-electron chi connectivity index (χ0n) is 9.78. The normalized spacial score (nSPS) is 14.6. The van der Waals surface area contributed by atoms with E-state index in [-0.39, 0.29) is 10.8 Å². The molecule has 0 aromatic carbocycles. The van der Waals surface area contributed by atoms with Gasteiger partial charge in [0.1, 0.15) is 0 Å². The average molecular weight is 168 g/mol. The second kappa shape index (κ2) is 2.90. The lowest BCUT2D eigenvalue weighted by Crippen LogP contribution is -2.41. The molecule has 72 valence electrons. The second-order valence-corrected chi connectivity index (χ2v) is 5.80. The van der Waals surface area contributed by atoms with Crippen LogP contribution in [0.25, 0.3) is 0 Å². The van der Waals surface area contributed by atoms with E-state index in [4.69, 9.17) is 0 Å². The molecule has 0 aliphatic carbocycles. The fraction of sp³-hybridized carbons (Fsp3) is 0.833. The van der Waals surface area contributed by atoms with Crippen molar-refractivity contribution in [1.29, 1.82) is 0 Å². The van der Waals surface area contributed by atoms with Crippen molar-refractivity contribution in [3.8, 4) is 0 Å². The number of hydrogen-bond acceptors (Lipinski definition) is 0. The Kier molecular flexibility index (Phi) is 2.84. The summed E-state index contributed by atoms with van der Waals surface area (Å²) < 4.78 is 0. The van der Waals surface area contributed by atoms with Gasteiger partial charge in [0.25, 0.3) is 0 Å². The van der Waals surface area contributed by atoms with Crippen molar-refractivity contribution in [2.75, 3.05) is 0 Å². The summed E-state index contributed by atoms with van der Waals surface area (Å²) in [5, 5.41) is 0. The van der Waals surface area contributed by atoms with E-state index in [9.17, 15) is 0 Å². The van der Waals surface area contributed by atoms with Crippen molar-refractivity contribution < 1.29 is 0 Å². The van der Waals surface area contributed by atoms with E-state index in [0.29, 0.717) is 5.41 Å². The molecule has 0 aliphatic heterocycles. The minimum absolute atomic E-state index is 0.186. The van der Waals surface area contributed by atoms with Crippen LogP contribution < -0.4 is 0 Å². The van der Waals surface area contributed by atoms with Crippen molar-refractivity contribution in [2.45, 2.75) is 48.5 Å². The lowest BCUT2D eigenvalue weighted by molar-refractivity contribution is 0.0258. The molecular weight excluding hydrogens is 144 g/mol. The Balaban J connectivity index is 4.97. The van der Waals surface area contributed by atoms with Gasteiger partial charge < -0.3 is 0 Å². The molecule has 0 saturated heterocycles. The van der Waals surface area contributed by atoms with Crippen molar-refractivity contribution >= 4 is 0 Å². The Hall–Kier alpha value is -0.260. The highest BCUT2D eigenvalue weighted by molar-refractivity contribution is 5.02. The van der Waals surface area contributed by atoms with Gasteiger partial charge in [0.15, 0.2) is 0 Å². The number of rotatable bonds is 2. The molecule has 0 fully saturated rings. The van der Waals surface area contributed by atoms with Gasteiger partial charge in [-0.1, -0.05) is 54.5 Å². The molecule has 0 radical (unpaired) electrons. The van der Waals surface area contributed by atoms with Gasteiger partial charge >= 0.3 is 0 Å². The van der Waals surface area contributed by atoms with Gasteiger partial charge in [-0.15, -0.1) is 6.58 Å². The molecule has 0 heteroatoms. The third kappa shape index (κ3) is 1.73. The first-order chi connectivity index (χ1) is 5.06. The largest absolute Gasteiger partial charge is 0.103 e. The van der Waals surface area contributed by atoms with Gasteiger partial charge in [-0.25, -0.2) is 0 Å². The standard InChI is InChI=1S/C12H24/c1-9-11(5,6)12(7,8)10(2,3)4/h9H,1H2,2-8H3. The van der Waals surface area contributed by atoms with Crippen LogP contribution in [-0.4, -0.2) is 0 Å². The maximum atomic E-state index is 3.91. The highest BCUT2D eigenvalue weighted by atomic mass is 14.5. The van der Waals surface area contributed by atoms with Crippen LogP contribution in [0.5, 0.6) is 0 Å². The van der Waals surface area contributed by atoms with Crippen LogP contribution in [0, 0.1) is 16.2 Å². The zero-order valence-corrected chi connectivity index (χ0v) is 9.78. The third-order valence-corrected chi connectivity index (χ3v) is 4.00. The monoisotopic (exact) mass is 168 g/mol. The smallest absolute Gasteiger partial charge is 0.0121 e. The van der Waals surface area contributed by atoms with E-state index in [1.54, 1.807) is 0 Å². The first-order valence-corrected chi connectivity index (χ1v) is 4.70. The van der Waals surface area contributed by atoms with E-state index in [1.165, 1.54) is 0 Å². The van der Waals surface area contributed by atoms with Gasteiger partial charge in [-0.2, -0.15) is 0 Å². The van der Waals surface area contributed by atoms with E-state index < -0.39 is 0 Å². The van der Waals surface area contributed by atoms with Crippen LogP contribution in [-0.2, 0) is 0 Å². The Morgan fingerprint density at radius 2 is 1.17 bits per heavy atom. The Morgan fingerprint density at radius 3 is 1.25 bits per heavy atom. The molecule has 12 heavy (non-hydrogen) atoms. The summed E-state index contributed by atoms with van der Waals surface area (Å²) in [6.45, 7) is 19.9. The third-order valence-electron chi connectivity index (χ3n) is 4.00. The molecule has 0 aliphatic rings. The predicted molar refractivity (Wildman–Crippen MR) is 57.2 cm³/mol. The van der Waals surface area contributed by atoms with Gasteiger partial charge in [0.05, 0.1) is 0 Å². The van der Waals surface area contributed by atoms with E-state index in [0.717, 1.165) is 0 Å². The lowest BCUT2D eigenvalue weighted by Gasteiger charge is -2.49. The molecule has 0 unspecified atom stereocenters. The molecule has 0 N–H and O–H groups in total. The molecule has 0 aromatic heterocycles. The zero-order chi connectivity index (χ0) is 10.2. The van der Waals surface area contributed by atoms with Crippen molar-refractivity contribution in [3.05, 3.63) is 12.7 Å². The van der Waals surface area contributed by atoms with Crippen LogP contribution >= 0.6 is 0 Å². The molecular formula is C12H24. The quantitative estimate of drug-likeness (QED) is 0.540. The SMILES string of the molecule is C=CC(C)(C)C(C)(C)C(C)(C)C. The molecule has 0 amide bonds. The van der Waals surface area contributed by atoms with E-state index in [2.05, 4.69) is 61.1 Å². The van der Waals surface area contributed by atoms with E-state index in [1.807, 2.05) is 0 Å². The summed E-state index contributed by atoms with van der Waals surface area (Å²) in [4.78, 5) is 0. The first-order valence-electron chi connectivity index (χ1n) is 4.70. The van der Waals surface area contributed by atoms with Gasteiger partial charge in [-0.05, 0) is 16.2 Å². The van der Waals surface area contributed by atoms with Crippen LogP contribution in [0.15, 0.2) is 12.7 Å². The molecule has 0 rings (SSSR count). The predicted octanol–water partition coefficient (Wildman–Crippen LogP) is 4.27. The minimum Gasteiger partial charge on any atom is -0.103 e. The summed E-state index contributed by atoms with van der Waals surface area (Å²) in [6, 6.07) is 0. The van der Waals surface area contributed by atoms with Gasteiger partial charge in [-0.3, -0.25) is 0 Å². The highest BCUT2D eigenvalue weighted by Gasteiger charge is 2.43. The maximum absolute atomic E-state index is 3.91. The molecule has 0 aromatic rings. The summed E-state index contributed by atoms with van der Waals surface area (Å²) in [6.07, 6.45) is 2.07. The van der Waals surface area contributed by atoms with Crippen LogP contribution in [0.3, 0.4) is 0 Å². The van der Waals surface area contributed by atoms with E-state index >= 15 is 0 Å². The molecule has 0 nitrogen and oxygen atoms in total. The molecule has 0 saturated carbocycles. The number of allylic oxidation sites excluding steroid dienone is 1. The van der Waals surface area contributed by atoms with Crippen molar-refractivity contribution in [2.24, 2.45) is 16.2 Å². The minimum atomic E-state index is 0.186. The van der Waals surface area contributed by atoms with Crippen LogP contribution in [0.4, 0.5) is 0 Å². The van der Waals surface area contributed by atoms with Gasteiger partial charge in [0, 0.05) is 0 Å². The topological polar surface area (TPSA) is 0 Å². The maximum Gasteiger partial charge on any atom is -0.0121 e. The summed E-state index contributed by atoms with van der Waals surface area (Å²) in [7, 11) is 0. The Bertz CT molecular complexity index is 165. The molecule has 0 spiro atoms. The summed E-state index contributed by atoms with van der Waals surface area (Å²) in [5.41, 5.74) is 0.762. The molecule has 0 atom stereocenters. The van der Waals surface area contributed by atoms with Crippen LogP contribution in [0.1, 0.15) is 48.5 Å². The molecule has 0 heterocycles. The number of hydrogen-bond donors (Lipinski definition) is 0. The fourth-order valence-electron chi connectivity index (χ4n) is 1.22. The summed E-state index contributed by atoms with van der Waals surface area (Å²) in [5.74, 6) is 0. The Morgan fingerprint density at radius 1 is 0.833 bits per heavy atom. The Labute approximate surface area is 78.1 Å². The van der Waals surface area contributed by atoms with Gasteiger partial charge in [0.2, 0.25) is 0 Å². The lowest BCUT2D eigenvalue weighted by atomic mass is 9.56. The average Bonchev–Trinajstić information content (AvgIpc) is 1.85. The first kappa shape index (κ1) is 11.7. The highest BCUT2D eigenvalue weighted by Crippen LogP contribution is 2.51. The van der Waals surface area contributed by atoms with Crippen molar-refractivity contribution in [3.63, 3.8) is 0 Å².